The monoisotopic (exact) mass is 397 g/mol. The van der Waals surface area contributed by atoms with Crippen molar-refractivity contribution in [3.8, 4) is 0 Å². The molecule has 0 heterocycles. The standard InChI is InChI=1S/C21H23N3O5/c1-21(2,3)16-8-4-14(5-9-16)18(12-13-19(25)26)22-23-20(27)15-6-10-17(11-7-15)24(28)29/h4-11H,12-13H2,1-3H3,(H,23,27)(H,25,26). The molecule has 0 atom stereocenters. The fourth-order valence-corrected chi connectivity index (χ4v) is 2.57. The Labute approximate surface area is 168 Å². The van der Waals surface area contributed by atoms with Crippen LogP contribution in [-0.4, -0.2) is 27.6 Å². The molecule has 0 saturated heterocycles. The lowest BCUT2D eigenvalue weighted by atomic mass is 9.86. The SMILES string of the molecule is CC(C)(C)c1ccc(C(CCC(=O)O)=NNC(=O)c2ccc([N+](=O)[O-])cc2)cc1. The van der Waals surface area contributed by atoms with E-state index in [1.165, 1.54) is 24.3 Å². The summed E-state index contributed by atoms with van der Waals surface area (Å²) in [4.78, 5) is 33.4. The predicted octanol–water partition coefficient (Wildman–Crippen LogP) is 3.89. The van der Waals surface area contributed by atoms with E-state index in [2.05, 4.69) is 31.3 Å². The fourth-order valence-electron chi connectivity index (χ4n) is 2.57. The van der Waals surface area contributed by atoms with Crippen LogP contribution in [0.1, 0.15) is 55.1 Å². The lowest BCUT2D eigenvalue weighted by Crippen LogP contribution is -2.20. The average molecular weight is 397 g/mol. The van der Waals surface area contributed by atoms with Gasteiger partial charge in [0, 0.05) is 24.1 Å². The van der Waals surface area contributed by atoms with Gasteiger partial charge in [-0.3, -0.25) is 19.7 Å². The molecule has 0 saturated carbocycles. The third-order valence-corrected chi connectivity index (χ3v) is 4.29. The molecular weight excluding hydrogens is 374 g/mol. The van der Waals surface area contributed by atoms with Gasteiger partial charge in [-0.25, -0.2) is 5.43 Å². The molecule has 0 spiro atoms. The summed E-state index contributed by atoms with van der Waals surface area (Å²) in [6.07, 6.45) is 0.0119. The van der Waals surface area contributed by atoms with Gasteiger partial charge in [-0.05, 0) is 28.7 Å². The quantitative estimate of drug-likeness (QED) is 0.417. The number of nitrogens with one attached hydrogen (secondary N) is 1. The van der Waals surface area contributed by atoms with Gasteiger partial charge in [-0.2, -0.15) is 5.10 Å². The number of hydrazone groups is 1. The van der Waals surface area contributed by atoms with Crippen LogP contribution in [0.4, 0.5) is 5.69 Å². The third-order valence-electron chi connectivity index (χ3n) is 4.29. The Balaban J connectivity index is 2.22. The molecule has 0 aromatic heterocycles. The second-order valence-corrected chi connectivity index (χ2v) is 7.52. The smallest absolute Gasteiger partial charge is 0.303 e. The van der Waals surface area contributed by atoms with Crippen LogP contribution in [0, 0.1) is 10.1 Å². The van der Waals surface area contributed by atoms with Crippen molar-refractivity contribution in [3.05, 3.63) is 75.3 Å². The van der Waals surface area contributed by atoms with Gasteiger partial charge >= 0.3 is 5.97 Å². The minimum absolute atomic E-state index is 0.0267. The second-order valence-electron chi connectivity index (χ2n) is 7.52. The van der Waals surface area contributed by atoms with E-state index in [-0.39, 0.29) is 29.5 Å². The highest BCUT2D eigenvalue weighted by Crippen LogP contribution is 2.22. The first-order chi connectivity index (χ1) is 13.6. The molecule has 0 aliphatic rings. The third kappa shape index (κ3) is 6.24. The molecule has 2 aromatic rings. The molecular formula is C21H23N3O5. The molecule has 8 heteroatoms. The van der Waals surface area contributed by atoms with E-state index < -0.39 is 16.8 Å². The summed E-state index contributed by atoms with van der Waals surface area (Å²) in [6.45, 7) is 6.27. The Bertz CT molecular complexity index is 926. The first kappa shape index (κ1) is 21.7. The minimum Gasteiger partial charge on any atom is -0.481 e. The van der Waals surface area contributed by atoms with Crippen LogP contribution in [0.3, 0.4) is 0 Å². The Morgan fingerprint density at radius 1 is 1.00 bits per heavy atom. The molecule has 2 aromatic carbocycles. The Hall–Kier alpha value is -3.55. The number of carbonyl (C=O) groups excluding carboxylic acids is 1. The van der Waals surface area contributed by atoms with E-state index in [1.54, 1.807) is 0 Å². The van der Waals surface area contributed by atoms with Crippen LogP contribution in [0.25, 0.3) is 0 Å². The number of aliphatic carboxylic acids is 1. The van der Waals surface area contributed by atoms with Crippen molar-refractivity contribution in [1.82, 2.24) is 5.43 Å². The maximum absolute atomic E-state index is 12.3. The Kier molecular flexibility index (Phi) is 6.82. The highest BCUT2D eigenvalue weighted by atomic mass is 16.6. The van der Waals surface area contributed by atoms with E-state index in [0.29, 0.717) is 11.3 Å². The van der Waals surface area contributed by atoms with Crippen molar-refractivity contribution in [2.45, 2.75) is 39.0 Å². The van der Waals surface area contributed by atoms with Crippen molar-refractivity contribution < 1.29 is 19.6 Å². The van der Waals surface area contributed by atoms with Crippen LogP contribution in [0.15, 0.2) is 53.6 Å². The summed E-state index contributed by atoms with van der Waals surface area (Å²) in [5, 5.41) is 23.8. The van der Waals surface area contributed by atoms with Crippen molar-refractivity contribution >= 4 is 23.3 Å². The zero-order chi connectivity index (χ0) is 21.6. The molecule has 0 bridgehead atoms. The average Bonchev–Trinajstić information content (AvgIpc) is 2.67. The number of nitro benzene ring substituents is 1. The van der Waals surface area contributed by atoms with Gasteiger partial charge in [0.15, 0.2) is 0 Å². The highest BCUT2D eigenvalue weighted by molar-refractivity contribution is 6.03. The highest BCUT2D eigenvalue weighted by Gasteiger charge is 2.15. The number of hydrogen-bond acceptors (Lipinski definition) is 5. The first-order valence-electron chi connectivity index (χ1n) is 9.02. The lowest BCUT2D eigenvalue weighted by Gasteiger charge is -2.19. The van der Waals surface area contributed by atoms with Crippen LogP contribution in [0.5, 0.6) is 0 Å². The van der Waals surface area contributed by atoms with Crippen LogP contribution in [-0.2, 0) is 10.2 Å². The zero-order valence-corrected chi connectivity index (χ0v) is 16.5. The molecule has 0 aliphatic carbocycles. The summed E-state index contributed by atoms with van der Waals surface area (Å²) in [5.41, 5.74) is 4.73. The van der Waals surface area contributed by atoms with Gasteiger partial charge in [0.25, 0.3) is 11.6 Å². The van der Waals surface area contributed by atoms with Crippen molar-refractivity contribution in [1.29, 1.82) is 0 Å². The number of carboxylic acid groups (broad SMARTS) is 1. The van der Waals surface area contributed by atoms with Gasteiger partial charge < -0.3 is 5.11 Å². The topological polar surface area (TPSA) is 122 Å². The number of benzene rings is 2. The summed E-state index contributed by atoms with van der Waals surface area (Å²) < 4.78 is 0. The summed E-state index contributed by atoms with van der Waals surface area (Å²) >= 11 is 0. The van der Waals surface area contributed by atoms with Crippen molar-refractivity contribution in [2.24, 2.45) is 5.10 Å². The molecule has 2 rings (SSSR count). The minimum atomic E-state index is -0.967. The number of hydrogen-bond donors (Lipinski definition) is 2. The van der Waals surface area contributed by atoms with Crippen LogP contribution >= 0.6 is 0 Å². The molecule has 0 fully saturated rings. The van der Waals surface area contributed by atoms with E-state index in [1.807, 2.05) is 24.3 Å². The van der Waals surface area contributed by atoms with E-state index >= 15 is 0 Å². The van der Waals surface area contributed by atoms with E-state index in [9.17, 15) is 19.7 Å². The largest absolute Gasteiger partial charge is 0.481 e. The van der Waals surface area contributed by atoms with Gasteiger partial charge in [0.2, 0.25) is 0 Å². The number of carboxylic acids is 1. The molecule has 1 amide bonds. The number of nitrogens with zero attached hydrogens (tertiary/aromatic N) is 2. The molecule has 2 N–H and O–H groups in total. The van der Waals surface area contributed by atoms with Gasteiger partial charge in [0.1, 0.15) is 0 Å². The molecule has 8 nitrogen and oxygen atoms in total. The number of rotatable bonds is 7. The Morgan fingerprint density at radius 2 is 1.55 bits per heavy atom. The lowest BCUT2D eigenvalue weighted by molar-refractivity contribution is -0.384. The fraction of sp³-hybridized carbons (Fsp3) is 0.286. The zero-order valence-electron chi connectivity index (χ0n) is 16.5. The molecule has 0 unspecified atom stereocenters. The summed E-state index contributed by atoms with van der Waals surface area (Å²) in [5.74, 6) is -1.51. The molecule has 152 valence electrons. The summed E-state index contributed by atoms with van der Waals surface area (Å²) in [6, 6.07) is 12.7. The maximum atomic E-state index is 12.3. The predicted molar refractivity (Wildman–Crippen MR) is 109 cm³/mol. The number of nitro groups is 1. The number of amides is 1. The van der Waals surface area contributed by atoms with Crippen LogP contribution < -0.4 is 5.43 Å². The van der Waals surface area contributed by atoms with Gasteiger partial charge in [-0.15, -0.1) is 0 Å². The Morgan fingerprint density at radius 3 is 2.03 bits per heavy atom. The van der Waals surface area contributed by atoms with E-state index in [4.69, 9.17) is 5.11 Å². The second kappa shape index (κ2) is 9.09. The molecule has 0 aliphatic heterocycles. The van der Waals surface area contributed by atoms with Gasteiger partial charge in [-0.1, -0.05) is 45.0 Å². The van der Waals surface area contributed by atoms with Crippen molar-refractivity contribution in [2.75, 3.05) is 0 Å². The number of carbonyl (C=O) groups is 2. The van der Waals surface area contributed by atoms with Crippen LogP contribution in [0.2, 0.25) is 0 Å². The molecule has 29 heavy (non-hydrogen) atoms. The maximum Gasteiger partial charge on any atom is 0.303 e. The molecule has 0 radical (unpaired) electrons. The van der Waals surface area contributed by atoms with E-state index in [0.717, 1.165) is 5.56 Å². The first-order valence-corrected chi connectivity index (χ1v) is 9.02. The summed E-state index contributed by atoms with van der Waals surface area (Å²) in [7, 11) is 0. The van der Waals surface area contributed by atoms with Crippen molar-refractivity contribution in [3.63, 3.8) is 0 Å². The normalized spacial score (nSPS) is 11.8. The van der Waals surface area contributed by atoms with Gasteiger partial charge in [0.05, 0.1) is 17.1 Å². The number of non-ortho nitro benzene ring substituents is 1.